The molecule has 0 saturated carbocycles. The fourth-order valence-electron chi connectivity index (χ4n) is 2.56. The van der Waals surface area contributed by atoms with Crippen LogP contribution in [-0.2, 0) is 6.61 Å². The molecule has 0 aliphatic rings. The first-order valence-corrected chi connectivity index (χ1v) is 10.2. The minimum absolute atomic E-state index is 0.0423. The van der Waals surface area contributed by atoms with Crippen LogP contribution in [-0.4, -0.2) is 24.2 Å². The number of nitrogens with zero attached hydrogens (tertiary/aromatic N) is 2. The van der Waals surface area contributed by atoms with Crippen molar-refractivity contribution in [2.45, 2.75) is 6.61 Å². The Bertz CT molecular complexity index is 1100. The number of nitro benzene ring substituents is 1. The summed E-state index contributed by atoms with van der Waals surface area (Å²) in [7, 11) is 1.55. The molecule has 0 aromatic heterocycles. The minimum Gasteiger partial charge on any atom is -0.496 e. The van der Waals surface area contributed by atoms with Crippen LogP contribution in [0.25, 0.3) is 0 Å². The zero-order valence-electron chi connectivity index (χ0n) is 16.4. The van der Waals surface area contributed by atoms with E-state index in [0.717, 1.165) is 14.7 Å². The van der Waals surface area contributed by atoms with E-state index in [1.807, 2.05) is 0 Å². The SMILES string of the molecule is COc1cc(C(=O)N/N=C\c2ccc(OCc3ccc([N+](=O)[O-])cc3)cc2)ccc1I. The van der Waals surface area contributed by atoms with E-state index in [0.29, 0.717) is 23.7 Å². The van der Waals surface area contributed by atoms with Crippen molar-refractivity contribution in [1.29, 1.82) is 0 Å². The van der Waals surface area contributed by atoms with Crippen LogP contribution in [0.4, 0.5) is 5.69 Å². The van der Waals surface area contributed by atoms with Crippen molar-refractivity contribution in [3.63, 3.8) is 0 Å². The standard InChI is InChI=1S/C22H18IN3O5/c1-30-21-12-17(6-11-20(21)23)22(27)25-24-13-15-4-9-19(10-5-15)31-14-16-2-7-18(8-3-16)26(28)29/h2-13H,14H2,1H3,(H,25,27)/b24-13-. The van der Waals surface area contributed by atoms with Crippen LogP contribution < -0.4 is 14.9 Å². The summed E-state index contributed by atoms with van der Waals surface area (Å²) in [5.41, 5.74) is 4.58. The summed E-state index contributed by atoms with van der Waals surface area (Å²) in [6.07, 6.45) is 1.53. The number of ether oxygens (including phenoxy) is 2. The molecular formula is C22H18IN3O5. The average molecular weight is 531 g/mol. The second-order valence-electron chi connectivity index (χ2n) is 6.33. The van der Waals surface area contributed by atoms with Gasteiger partial charge in [-0.3, -0.25) is 14.9 Å². The maximum atomic E-state index is 12.2. The second-order valence-corrected chi connectivity index (χ2v) is 7.49. The molecule has 8 nitrogen and oxygen atoms in total. The number of benzene rings is 3. The van der Waals surface area contributed by atoms with Gasteiger partial charge in [-0.2, -0.15) is 5.10 Å². The van der Waals surface area contributed by atoms with E-state index in [2.05, 4.69) is 33.1 Å². The molecule has 1 amide bonds. The van der Waals surface area contributed by atoms with Gasteiger partial charge in [0.25, 0.3) is 11.6 Å². The first kappa shape index (κ1) is 22.2. The zero-order valence-corrected chi connectivity index (χ0v) is 18.6. The summed E-state index contributed by atoms with van der Waals surface area (Å²) < 4.78 is 11.8. The molecule has 1 N–H and O–H groups in total. The third-order valence-electron chi connectivity index (χ3n) is 4.23. The Morgan fingerprint density at radius 2 is 1.84 bits per heavy atom. The van der Waals surface area contributed by atoms with Crippen molar-refractivity contribution in [1.82, 2.24) is 5.43 Å². The van der Waals surface area contributed by atoms with Crippen LogP contribution in [0.5, 0.6) is 11.5 Å². The van der Waals surface area contributed by atoms with Gasteiger partial charge in [0.1, 0.15) is 18.1 Å². The topological polar surface area (TPSA) is 103 Å². The van der Waals surface area contributed by atoms with Gasteiger partial charge in [-0.05, 0) is 88.3 Å². The lowest BCUT2D eigenvalue weighted by Gasteiger charge is -2.07. The molecule has 0 atom stereocenters. The number of amides is 1. The number of carbonyl (C=O) groups excluding carboxylic acids is 1. The Morgan fingerprint density at radius 1 is 1.13 bits per heavy atom. The molecule has 158 valence electrons. The van der Waals surface area contributed by atoms with Crippen LogP contribution in [0.15, 0.2) is 71.8 Å². The van der Waals surface area contributed by atoms with Gasteiger partial charge in [0.15, 0.2) is 0 Å². The van der Waals surface area contributed by atoms with Gasteiger partial charge in [0.2, 0.25) is 0 Å². The van der Waals surface area contributed by atoms with E-state index in [4.69, 9.17) is 9.47 Å². The largest absolute Gasteiger partial charge is 0.496 e. The lowest BCUT2D eigenvalue weighted by atomic mass is 10.2. The molecule has 3 aromatic carbocycles. The molecule has 0 aliphatic heterocycles. The van der Waals surface area contributed by atoms with Gasteiger partial charge in [0, 0.05) is 17.7 Å². The van der Waals surface area contributed by atoms with E-state index in [-0.39, 0.29) is 11.6 Å². The number of hydrogen-bond acceptors (Lipinski definition) is 6. The summed E-state index contributed by atoms with van der Waals surface area (Å²) in [6, 6.07) is 18.5. The first-order chi connectivity index (χ1) is 15.0. The summed E-state index contributed by atoms with van der Waals surface area (Å²) in [5, 5.41) is 14.7. The first-order valence-electron chi connectivity index (χ1n) is 9.09. The van der Waals surface area contributed by atoms with Crippen molar-refractivity contribution in [2.24, 2.45) is 5.10 Å². The fraction of sp³-hybridized carbons (Fsp3) is 0.0909. The highest BCUT2D eigenvalue weighted by Gasteiger charge is 2.08. The average Bonchev–Trinajstić information content (AvgIpc) is 2.79. The van der Waals surface area contributed by atoms with E-state index in [9.17, 15) is 14.9 Å². The van der Waals surface area contributed by atoms with Crippen molar-refractivity contribution in [3.05, 3.63) is 97.1 Å². The number of nitrogens with one attached hydrogen (secondary N) is 1. The van der Waals surface area contributed by atoms with Crippen molar-refractivity contribution in [2.75, 3.05) is 7.11 Å². The van der Waals surface area contributed by atoms with Crippen LogP contribution in [0.2, 0.25) is 0 Å². The molecule has 0 bridgehead atoms. The number of hydrogen-bond donors (Lipinski definition) is 1. The molecule has 0 radical (unpaired) electrons. The highest BCUT2D eigenvalue weighted by atomic mass is 127. The predicted octanol–water partition coefficient (Wildman–Crippen LogP) is 4.55. The number of halogens is 1. The number of carbonyl (C=O) groups is 1. The third-order valence-corrected chi connectivity index (χ3v) is 5.12. The van der Waals surface area contributed by atoms with Crippen LogP contribution >= 0.6 is 22.6 Å². The van der Waals surface area contributed by atoms with E-state index < -0.39 is 4.92 Å². The molecule has 3 rings (SSSR count). The summed E-state index contributed by atoms with van der Waals surface area (Å²) >= 11 is 2.13. The highest BCUT2D eigenvalue weighted by Crippen LogP contribution is 2.21. The van der Waals surface area contributed by atoms with E-state index in [1.165, 1.54) is 18.3 Å². The molecule has 0 heterocycles. The molecule has 0 aliphatic carbocycles. The number of methoxy groups -OCH3 is 1. The minimum atomic E-state index is -0.440. The number of hydrazone groups is 1. The van der Waals surface area contributed by atoms with Gasteiger partial charge in [-0.15, -0.1) is 0 Å². The lowest BCUT2D eigenvalue weighted by Crippen LogP contribution is -2.17. The van der Waals surface area contributed by atoms with E-state index >= 15 is 0 Å². The number of rotatable bonds is 8. The molecular weight excluding hydrogens is 513 g/mol. The van der Waals surface area contributed by atoms with Gasteiger partial charge in [0.05, 0.1) is 21.8 Å². The summed E-state index contributed by atoms with van der Waals surface area (Å²) in [4.78, 5) is 22.4. The van der Waals surface area contributed by atoms with Crippen molar-refractivity contribution >= 4 is 40.4 Å². The Balaban J connectivity index is 1.52. The van der Waals surface area contributed by atoms with Gasteiger partial charge < -0.3 is 9.47 Å². The lowest BCUT2D eigenvalue weighted by molar-refractivity contribution is -0.384. The van der Waals surface area contributed by atoms with Crippen LogP contribution in [0.3, 0.4) is 0 Å². The molecule has 31 heavy (non-hydrogen) atoms. The number of nitro groups is 1. The molecule has 9 heteroatoms. The van der Waals surface area contributed by atoms with Crippen molar-refractivity contribution < 1.29 is 19.2 Å². The van der Waals surface area contributed by atoms with Gasteiger partial charge in [-0.25, -0.2) is 5.43 Å². The number of non-ortho nitro benzene ring substituents is 1. The monoisotopic (exact) mass is 531 g/mol. The van der Waals surface area contributed by atoms with Crippen LogP contribution in [0.1, 0.15) is 21.5 Å². The predicted molar refractivity (Wildman–Crippen MR) is 125 cm³/mol. The zero-order chi connectivity index (χ0) is 22.2. The fourth-order valence-corrected chi connectivity index (χ4v) is 3.12. The normalized spacial score (nSPS) is 10.6. The Labute approximate surface area is 192 Å². The Morgan fingerprint density at radius 3 is 2.48 bits per heavy atom. The molecule has 0 saturated heterocycles. The Kier molecular flexibility index (Phi) is 7.55. The molecule has 0 unspecified atom stereocenters. The smallest absolute Gasteiger partial charge is 0.271 e. The maximum absolute atomic E-state index is 12.2. The Hall–Kier alpha value is -3.47. The summed E-state index contributed by atoms with van der Waals surface area (Å²) in [6.45, 7) is 0.293. The van der Waals surface area contributed by atoms with Gasteiger partial charge >= 0.3 is 0 Å². The second kappa shape index (κ2) is 10.5. The molecule has 0 spiro atoms. The van der Waals surface area contributed by atoms with Crippen LogP contribution in [0, 0.1) is 13.7 Å². The van der Waals surface area contributed by atoms with Crippen molar-refractivity contribution in [3.8, 4) is 11.5 Å². The molecule has 0 fully saturated rings. The van der Waals surface area contributed by atoms with E-state index in [1.54, 1.807) is 61.7 Å². The third kappa shape index (κ3) is 6.25. The van der Waals surface area contributed by atoms with Gasteiger partial charge in [-0.1, -0.05) is 0 Å². The quantitative estimate of drug-likeness (QED) is 0.199. The molecule has 3 aromatic rings. The highest BCUT2D eigenvalue weighted by molar-refractivity contribution is 14.1. The summed E-state index contributed by atoms with van der Waals surface area (Å²) in [5.74, 6) is 0.932. The maximum Gasteiger partial charge on any atom is 0.271 e.